The largest absolute Gasteiger partial charge is 0.381 e. The minimum absolute atomic E-state index is 0.00239. The number of aliphatic hydroxyl groups is 1. The molecule has 23 heavy (non-hydrogen) atoms. The number of aromatic nitrogens is 3. The van der Waals surface area contributed by atoms with E-state index in [4.69, 9.17) is 5.26 Å². The minimum Gasteiger partial charge on any atom is -0.381 e. The Kier molecular flexibility index (Phi) is 3.78. The van der Waals surface area contributed by atoms with Crippen molar-refractivity contribution in [3.8, 4) is 6.07 Å². The van der Waals surface area contributed by atoms with Crippen molar-refractivity contribution < 1.29 is 9.50 Å². The van der Waals surface area contributed by atoms with E-state index in [-0.39, 0.29) is 18.2 Å². The summed E-state index contributed by atoms with van der Waals surface area (Å²) in [5, 5.41) is 28.2. The first kappa shape index (κ1) is 15.4. The minimum atomic E-state index is -1.15. The molecule has 1 aromatic carbocycles. The van der Waals surface area contributed by atoms with Crippen LogP contribution < -0.4 is 4.90 Å². The number of benzene rings is 1. The van der Waals surface area contributed by atoms with Gasteiger partial charge in [-0.05, 0) is 26.0 Å². The van der Waals surface area contributed by atoms with Crippen molar-refractivity contribution in [2.75, 3.05) is 18.0 Å². The predicted molar refractivity (Wildman–Crippen MR) is 82.2 cm³/mol. The van der Waals surface area contributed by atoms with E-state index in [9.17, 15) is 9.50 Å². The van der Waals surface area contributed by atoms with Crippen molar-refractivity contribution >= 4 is 5.69 Å². The topological polar surface area (TPSA) is 78.0 Å². The van der Waals surface area contributed by atoms with Gasteiger partial charge in [-0.2, -0.15) is 5.26 Å². The number of nitrogens with zero attached hydrogens (tertiary/aromatic N) is 5. The Labute approximate surface area is 133 Å². The molecule has 0 spiro atoms. The molecule has 6 nitrogen and oxygen atoms in total. The lowest BCUT2D eigenvalue weighted by molar-refractivity contribution is 0.0559. The van der Waals surface area contributed by atoms with Gasteiger partial charge in [0.2, 0.25) is 0 Å². The molecule has 3 rings (SSSR count). The first-order chi connectivity index (χ1) is 10.9. The Morgan fingerprint density at radius 2 is 2.22 bits per heavy atom. The van der Waals surface area contributed by atoms with Crippen molar-refractivity contribution in [2.45, 2.75) is 31.9 Å². The number of β-amino-alcohol motifs (C(OH)–C–C–N with tert-alkyl or cyclic N) is 1. The zero-order valence-electron chi connectivity index (χ0n) is 13.1. The lowest BCUT2D eigenvalue weighted by Gasteiger charge is -2.23. The van der Waals surface area contributed by atoms with Crippen molar-refractivity contribution in [3.63, 3.8) is 0 Å². The van der Waals surface area contributed by atoms with E-state index < -0.39 is 11.4 Å². The molecule has 120 valence electrons. The Balaban J connectivity index is 1.88. The van der Waals surface area contributed by atoms with Crippen LogP contribution in [0.25, 0.3) is 0 Å². The number of hydrogen-bond donors (Lipinski definition) is 1. The maximum Gasteiger partial charge on any atom is 0.143 e. The van der Waals surface area contributed by atoms with E-state index in [1.54, 1.807) is 23.0 Å². The number of hydrogen-bond acceptors (Lipinski definition) is 5. The molecule has 1 aliphatic heterocycles. The molecular formula is C16H18FN5O. The molecule has 1 saturated heterocycles. The molecule has 2 heterocycles. The second-order valence-corrected chi connectivity index (χ2v) is 6.13. The van der Waals surface area contributed by atoms with E-state index in [1.807, 2.05) is 24.8 Å². The SMILES string of the molecule is CC(C)n1cc(C2(O)CCN(c3cccc(F)c3C#N)C2)nn1. The molecule has 1 aliphatic rings. The highest BCUT2D eigenvalue weighted by atomic mass is 19.1. The molecule has 7 heteroatoms. The van der Waals surface area contributed by atoms with E-state index in [2.05, 4.69) is 10.3 Å². The average Bonchev–Trinajstić information content (AvgIpc) is 3.15. The maximum absolute atomic E-state index is 13.8. The fourth-order valence-corrected chi connectivity index (χ4v) is 2.84. The smallest absolute Gasteiger partial charge is 0.143 e. The summed E-state index contributed by atoms with van der Waals surface area (Å²) >= 11 is 0. The van der Waals surface area contributed by atoms with Crippen LogP contribution in [0.1, 0.15) is 37.6 Å². The van der Waals surface area contributed by atoms with Crippen LogP contribution >= 0.6 is 0 Å². The molecule has 0 aliphatic carbocycles. The first-order valence-corrected chi connectivity index (χ1v) is 7.53. The van der Waals surface area contributed by atoms with E-state index in [0.717, 1.165) is 0 Å². The van der Waals surface area contributed by atoms with E-state index in [1.165, 1.54) is 6.07 Å². The second kappa shape index (κ2) is 5.63. The zero-order chi connectivity index (χ0) is 16.6. The van der Waals surface area contributed by atoms with Gasteiger partial charge in [0.05, 0.1) is 18.4 Å². The summed E-state index contributed by atoms with van der Waals surface area (Å²) in [7, 11) is 0. The average molecular weight is 315 g/mol. The quantitative estimate of drug-likeness (QED) is 0.937. The highest BCUT2D eigenvalue weighted by Gasteiger charge is 2.41. The molecule has 2 aromatic rings. The van der Waals surface area contributed by atoms with Crippen LogP contribution in [-0.2, 0) is 5.60 Å². The Bertz CT molecular complexity index is 766. The van der Waals surface area contributed by atoms with Gasteiger partial charge in [-0.15, -0.1) is 5.10 Å². The third kappa shape index (κ3) is 2.66. The molecule has 0 bridgehead atoms. The molecular weight excluding hydrogens is 297 g/mol. The molecule has 0 saturated carbocycles. The van der Waals surface area contributed by atoms with E-state index >= 15 is 0 Å². The van der Waals surface area contributed by atoms with Gasteiger partial charge in [-0.1, -0.05) is 11.3 Å². The highest BCUT2D eigenvalue weighted by molar-refractivity contribution is 5.60. The second-order valence-electron chi connectivity index (χ2n) is 6.13. The van der Waals surface area contributed by atoms with Gasteiger partial charge in [-0.3, -0.25) is 0 Å². The monoisotopic (exact) mass is 315 g/mol. The van der Waals surface area contributed by atoms with Gasteiger partial charge in [0.1, 0.15) is 28.7 Å². The maximum atomic E-state index is 13.8. The standard InChI is InChI=1S/C16H18FN5O/c1-11(2)22-9-15(19-20-22)16(23)6-7-21(10-16)14-5-3-4-13(17)12(14)8-18/h3-5,9,11,23H,6-7,10H2,1-2H3. The summed E-state index contributed by atoms with van der Waals surface area (Å²) in [6.07, 6.45) is 2.19. The Hall–Kier alpha value is -2.46. The Morgan fingerprint density at radius 1 is 1.43 bits per heavy atom. The van der Waals surface area contributed by atoms with Gasteiger partial charge in [0.15, 0.2) is 0 Å². The van der Waals surface area contributed by atoms with Crippen LogP contribution in [0.3, 0.4) is 0 Å². The van der Waals surface area contributed by atoms with Crippen LogP contribution in [0.2, 0.25) is 0 Å². The van der Waals surface area contributed by atoms with Gasteiger partial charge in [0, 0.05) is 19.0 Å². The predicted octanol–water partition coefficient (Wildman–Crippen LogP) is 1.97. The van der Waals surface area contributed by atoms with Crippen LogP contribution in [-0.4, -0.2) is 33.2 Å². The number of nitriles is 1. The molecule has 0 amide bonds. The van der Waals surface area contributed by atoms with Crippen molar-refractivity contribution in [1.29, 1.82) is 5.26 Å². The summed E-state index contributed by atoms with van der Waals surface area (Å²) in [6.45, 7) is 4.73. The Morgan fingerprint density at radius 3 is 2.87 bits per heavy atom. The van der Waals surface area contributed by atoms with Crippen molar-refractivity contribution in [1.82, 2.24) is 15.0 Å². The summed E-state index contributed by atoms with van der Waals surface area (Å²) in [6, 6.07) is 6.58. The van der Waals surface area contributed by atoms with Crippen LogP contribution in [0.15, 0.2) is 24.4 Å². The summed E-state index contributed by atoms with van der Waals surface area (Å²) in [5.74, 6) is -0.550. The summed E-state index contributed by atoms with van der Waals surface area (Å²) < 4.78 is 15.5. The van der Waals surface area contributed by atoms with Gasteiger partial charge >= 0.3 is 0 Å². The van der Waals surface area contributed by atoms with Gasteiger partial charge in [-0.25, -0.2) is 9.07 Å². The number of rotatable bonds is 3. The first-order valence-electron chi connectivity index (χ1n) is 7.53. The van der Waals surface area contributed by atoms with Crippen LogP contribution in [0.4, 0.5) is 10.1 Å². The highest BCUT2D eigenvalue weighted by Crippen LogP contribution is 2.35. The molecule has 1 N–H and O–H groups in total. The lowest BCUT2D eigenvalue weighted by atomic mass is 10.00. The fraction of sp³-hybridized carbons (Fsp3) is 0.438. The van der Waals surface area contributed by atoms with Crippen molar-refractivity contribution in [3.05, 3.63) is 41.5 Å². The zero-order valence-corrected chi connectivity index (χ0v) is 13.1. The molecule has 0 radical (unpaired) electrons. The molecule has 1 aromatic heterocycles. The normalized spacial score (nSPS) is 21.0. The third-order valence-electron chi connectivity index (χ3n) is 4.21. The van der Waals surface area contributed by atoms with Gasteiger partial charge in [0.25, 0.3) is 0 Å². The van der Waals surface area contributed by atoms with Crippen LogP contribution in [0, 0.1) is 17.1 Å². The fourth-order valence-electron chi connectivity index (χ4n) is 2.84. The van der Waals surface area contributed by atoms with E-state index in [0.29, 0.717) is 24.3 Å². The van der Waals surface area contributed by atoms with Gasteiger partial charge < -0.3 is 10.0 Å². The molecule has 1 atom stereocenters. The van der Waals surface area contributed by atoms with Crippen molar-refractivity contribution in [2.24, 2.45) is 0 Å². The molecule has 1 fully saturated rings. The summed E-state index contributed by atoms with van der Waals surface area (Å²) in [4.78, 5) is 1.82. The third-order valence-corrected chi connectivity index (χ3v) is 4.21. The summed E-state index contributed by atoms with van der Waals surface area (Å²) in [5.41, 5.74) is -0.141. The molecule has 1 unspecified atom stereocenters. The van der Waals surface area contributed by atoms with Crippen LogP contribution in [0.5, 0.6) is 0 Å². The number of anilines is 1. The lowest BCUT2D eigenvalue weighted by Crippen LogP contribution is -2.31. The number of halogens is 1.